The zero-order chi connectivity index (χ0) is 20.4. The van der Waals surface area contributed by atoms with E-state index in [1.807, 2.05) is 6.19 Å². The Morgan fingerprint density at radius 1 is 1.25 bits per heavy atom. The van der Waals surface area contributed by atoms with Crippen LogP contribution in [0.15, 0.2) is 24.3 Å². The fourth-order valence-electron chi connectivity index (χ4n) is 3.46. The molecule has 0 saturated carbocycles. The second-order valence-electron chi connectivity index (χ2n) is 7.34. The SMILES string of the molecule is CN(C#N)C(=N)NCCCCCCN1CCC(C(=O)c2ccc(F)cc2)CC1. The third-order valence-corrected chi connectivity index (χ3v) is 5.27. The van der Waals surface area contributed by atoms with E-state index in [-0.39, 0.29) is 23.5 Å². The average Bonchev–Trinajstić information content (AvgIpc) is 2.72. The van der Waals surface area contributed by atoms with Gasteiger partial charge in [0.2, 0.25) is 5.96 Å². The number of piperidine rings is 1. The van der Waals surface area contributed by atoms with Gasteiger partial charge < -0.3 is 10.2 Å². The van der Waals surface area contributed by atoms with Crippen LogP contribution in [0.2, 0.25) is 0 Å². The van der Waals surface area contributed by atoms with Crippen LogP contribution < -0.4 is 5.32 Å². The van der Waals surface area contributed by atoms with Gasteiger partial charge in [-0.1, -0.05) is 12.8 Å². The summed E-state index contributed by atoms with van der Waals surface area (Å²) >= 11 is 0. The Bertz CT molecular complexity index is 677. The van der Waals surface area contributed by atoms with Crippen molar-refractivity contribution >= 4 is 11.7 Å². The van der Waals surface area contributed by atoms with Crippen LogP contribution in [0.25, 0.3) is 0 Å². The Labute approximate surface area is 166 Å². The molecule has 0 bridgehead atoms. The van der Waals surface area contributed by atoms with E-state index in [1.54, 1.807) is 19.2 Å². The highest BCUT2D eigenvalue weighted by atomic mass is 19.1. The van der Waals surface area contributed by atoms with Gasteiger partial charge in [-0.25, -0.2) is 4.39 Å². The molecule has 0 radical (unpaired) electrons. The van der Waals surface area contributed by atoms with Crippen molar-refractivity contribution in [3.05, 3.63) is 35.6 Å². The molecule has 1 heterocycles. The minimum absolute atomic E-state index is 0.0506. The van der Waals surface area contributed by atoms with E-state index in [9.17, 15) is 9.18 Å². The van der Waals surface area contributed by atoms with E-state index in [0.29, 0.717) is 12.1 Å². The van der Waals surface area contributed by atoms with Gasteiger partial charge >= 0.3 is 0 Å². The van der Waals surface area contributed by atoms with Crippen molar-refractivity contribution in [3.63, 3.8) is 0 Å². The molecule has 1 aromatic rings. The molecule has 2 N–H and O–H groups in total. The molecular formula is C21H30FN5O. The number of nitriles is 1. The predicted octanol–water partition coefficient (Wildman–Crippen LogP) is 3.22. The van der Waals surface area contributed by atoms with E-state index in [4.69, 9.17) is 10.7 Å². The molecule has 1 aromatic carbocycles. The molecule has 1 aliphatic heterocycles. The summed E-state index contributed by atoms with van der Waals surface area (Å²) in [6, 6.07) is 5.86. The number of benzene rings is 1. The number of halogens is 1. The van der Waals surface area contributed by atoms with Crippen molar-refractivity contribution in [2.45, 2.75) is 38.5 Å². The lowest BCUT2D eigenvalue weighted by Gasteiger charge is -2.31. The topological polar surface area (TPSA) is 83.2 Å². The highest BCUT2D eigenvalue weighted by Gasteiger charge is 2.25. The van der Waals surface area contributed by atoms with Crippen LogP contribution in [0.1, 0.15) is 48.9 Å². The number of hydrogen-bond donors (Lipinski definition) is 2. The van der Waals surface area contributed by atoms with Crippen molar-refractivity contribution in [1.82, 2.24) is 15.1 Å². The number of Topliss-reactive ketones (excluding diaryl/α,β-unsaturated/α-hetero) is 1. The van der Waals surface area contributed by atoms with Crippen molar-refractivity contribution < 1.29 is 9.18 Å². The van der Waals surface area contributed by atoms with E-state index in [2.05, 4.69) is 10.2 Å². The molecule has 1 aliphatic rings. The van der Waals surface area contributed by atoms with Gasteiger partial charge in [-0.05, 0) is 69.6 Å². The number of carbonyl (C=O) groups is 1. The predicted molar refractivity (Wildman–Crippen MR) is 107 cm³/mol. The zero-order valence-corrected chi connectivity index (χ0v) is 16.6. The van der Waals surface area contributed by atoms with Gasteiger partial charge in [-0.15, -0.1) is 0 Å². The van der Waals surface area contributed by atoms with Crippen LogP contribution in [0.4, 0.5) is 4.39 Å². The first-order valence-electron chi connectivity index (χ1n) is 9.99. The fourth-order valence-corrected chi connectivity index (χ4v) is 3.46. The Morgan fingerprint density at radius 3 is 2.54 bits per heavy atom. The van der Waals surface area contributed by atoms with Crippen molar-refractivity contribution in [2.24, 2.45) is 5.92 Å². The van der Waals surface area contributed by atoms with Gasteiger partial charge in [0.15, 0.2) is 12.0 Å². The molecule has 2 rings (SSSR count). The number of likely N-dealkylation sites (tertiary alicyclic amines) is 1. The highest BCUT2D eigenvalue weighted by Crippen LogP contribution is 2.22. The maximum absolute atomic E-state index is 13.0. The van der Waals surface area contributed by atoms with Crippen LogP contribution >= 0.6 is 0 Å². The number of ketones is 1. The van der Waals surface area contributed by atoms with Crippen LogP contribution in [0.3, 0.4) is 0 Å². The highest BCUT2D eigenvalue weighted by molar-refractivity contribution is 5.97. The minimum Gasteiger partial charge on any atom is -0.356 e. The van der Waals surface area contributed by atoms with Crippen LogP contribution in [0, 0.1) is 28.6 Å². The summed E-state index contributed by atoms with van der Waals surface area (Å²) in [5.41, 5.74) is 0.613. The summed E-state index contributed by atoms with van der Waals surface area (Å²) in [6.07, 6.45) is 7.97. The number of guanidine groups is 1. The Balaban J connectivity index is 1.54. The summed E-state index contributed by atoms with van der Waals surface area (Å²) in [5.74, 6) is 0.0184. The number of nitrogens with one attached hydrogen (secondary N) is 2. The van der Waals surface area contributed by atoms with Gasteiger partial charge in [-0.3, -0.25) is 15.1 Å². The van der Waals surface area contributed by atoms with Crippen LogP contribution in [0.5, 0.6) is 0 Å². The van der Waals surface area contributed by atoms with E-state index < -0.39 is 0 Å². The number of nitrogens with zero attached hydrogens (tertiary/aromatic N) is 3. The Morgan fingerprint density at radius 2 is 1.89 bits per heavy atom. The van der Waals surface area contributed by atoms with E-state index in [0.717, 1.165) is 58.2 Å². The molecule has 0 atom stereocenters. The van der Waals surface area contributed by atoms with Crippen molar-refractivity contribution in [3.8, 4) is 6.19 Å². The van der Waals surface area contributed by atoms with Gasteiger partial charge in [0.25, 0.3) is 0 Å². The number of hydrogen-bond acceptors (Lipinski definition) is 4. The lowest BCUT2D eigenvalue weighted by molar-refractivity contribution is 0.0839. The molecule has 7 heteroatoms. The molecular weight excluding hydrogens is 357 g/mol. The fraction of sp³-hybridized carbons (Fsp3) is 0.571. The summed E-state index contributed by atoms with van der Waals surface area (Å²) in [4.78, 5) is 16.1. The lowest BCUT2D eigenvalue weighted by atomic mass is 9.89. The molecule has 0 amide bonds. The first-order chi connectivity index (χ1) is 13.5. The second-order valence-corrected chi connectivity index (χ2v) is 7.34. The number of unbranched alkanes of at least 4 members (excludes halogenated alkanes) is 3. The molecule has 0 unspecified atom stereocenters. The van der Waals surface area contributed by atoms with E-state index >= 15 is 0 Å². The molecule has 1 saturated heterocycles. The molecule has 28 heavy (non-hydrogen) atoms. The number of carbonyl (C=O) groups excluding carboxylic acids is 1. The van der Waals surface area contributed by atoms with Gasteiger partial charge in [0, 0.05) is 25.1 Å². The largest absolute Gasteiger partial charge is 0.356 e. The molecule has 0 aliphatic carbocycles. The monoisotopic (exact) mass is 387 g/mol. The zero-order valence-electron chi connectivity index (χ0n) is 16.6. The molecule has 0 spiro atoms. The smallest absolute Gasteiger partial charge is 0.204 e. The van der Waals surface area contributed by atoms with Crippen molar-refractivity contribution in [2.75, 3.05) is 33.2 Å². The Hall–Kier alpha value is -2.46. The Kier molecular flexibility index (Phi) is 8.89. The van der Waals surface area contributed by atoms with Crippen molar-refractivity contribution in [1.29, 1.82) is 10.7 Å². The molecule has 152 valence electrons. The maximum Gasteiger partial charge on any atom is 0.204 e. The van der Waals surface area contributed by atoms with E-state index in [1.165, 1.54) is 17.0 Å². The van der Waals surface area contributed by atoms with Crippen LogP contribution in [-0.4, -0.2) is 54.8 Å². The minimum atomic E-state index is -0.310. The normalized spacial score (nSPS) is 15.0. The molecule has 1 fully saturated rings. The second kappa shape index (κ2) is 11.4. The van der Waals surface area contributed by atoms with Crippen LogP contribution in [-0.2, 0) is 0 Å². The molecule has 6 nitrogen and oxygen atoms in total. The summed E-state index contributed by atoms with van der Waals surface area (Å²) in [7, 11) is 1.56. The third-order valence-electron chi connectivity index (χ3n) is 5.27. The lowest BCUT2D eigenvalue weighted by Crippen LogP contribution is -2.37. The van der Waals surface area contributed by atoms with Gasteiger partial charge in [0.05, 0.1) is 0 Å². The summed E-state index contributed by atoms with van der Waals surface area (Å²) in [6.45, 7) is 3.65. The molecule has 0 aromatic heterocycles. The summed E-state index contributed by atoms with van der Waals surface area (Å²) < 4.78 is 13.0. The third kappa shape index (κ3) is 6.93. The summed E-state index contributed by atoms with van der Waals surface area (Å²) in [5, 5.41) is 19.2. The quantitative estimate of drug-likeness (QED) is 0.170. The van der Waals surface area contributed by atoms with Gasteiger partial charge in [-0.2, -0.15) is 5.26 Å². The first-order valence-corrected chi connectivity index (χ1v) is 9.99. The maximum atomic E-state index is 13.0. The number of rotatable bonds is 9. The average molecular weight is 388 g/mol. The van der Waals surface area contributed by atoms with Gasteiger partial charge in [0.1, 0.15) is 5.82 Å². The first kappa shape index (κ1) is 21.8. The standard InChI is InChI=1S/C21H30FN5O/c1-26(16-23)21(24)25-12-4-2-3-5-13-27-14-10-18(11-15-27)20(28)17-6-8-19(22)9-7-17/h6-9,18H,2-5,10-15H2,1H3,(H2,24,25).